The highest BCUT2D eigenvalue weighted by Gasteiger charge is 2.31. The second-order valence-corrected chi connectivity index (χ2v) is 7.19. The Labute approximate surface area is 133 Å². The van der Waals surface area contributed by atoms with E-state index in [0.29, 0.717) is 19.5 Å². The molecule has 1 unspecified atom stereocenters. The number of nitrogens with zero attached hydrogens (tertiary/aromatic N) is 1. The molecule has 1 rings (SSSR count). The molecule has 0 bridgehead atoms. The number of hydrogen-bond acceptors (Lipinski definition) is 5. The Hall–Kier alpha value is -0.850. The van der Waals surface area contributed by atoms with Gasteiger partial charge in [-0.3, -0.25) is 0 Å². The number of rotatable bonds is 5. The highest BCUT2D eigenvalue weighted by molar-refractivity contribution is 5.68. The van der Waals surface area contributed by atoms with Crippen molar-refractivity contribution in [2.24, 2.45) is 0 Å². The van der Waals surface area contributed by atoms with Crippen LogP contribution in [0.5, 0.6) is 0 Å². The number of carbonyl (C=O) groups is 1. The van der Waals surface area contributed by atoms with E-state index in [1.807, 2.05) is 27.7 Å². The summed E-state index contributed by atoms with van der Waals surface area (Å²) in [5.41, 5.74) is -1.11. The summed E-state index contributed by atoms with van der Waals surface area (Å²) in [6, 6.07) is 0.187. The maximum absolute atomic E-state index is 12.1. The Balaban J connectivity index is 2.57. The van der Waals surface area contributed by atoms with Gasteiger partial charge < -0.3 is 25.2 Å². The third-order valence-electron chi connectivity index (χ3n) is 4.17. The van der Waals surface area contributed by atoms with Gasteiger partial charge in [0.25, 0.3) is 0 Å². The molecule has 0 spiro atoms. The van der Waals surface area contributed by atoms with Crippen LogP contribution in [-0.2, 0) is 4.74 Å². The summed E-state index contributed by atoms with van der Waals surface area (Å²) < 4.78 is 5.42. The largest absolute Gasteiger partial charge is 0.444 e. The maximum atomic E-state index is 12.1. The minimum absolute atomic E-state index is 0.0910. The number of carbonyl (C=O) groups excluding carboxylic acids is 1. The maximum Gasteiger partial charge on any atom is 0.410 e. The molecule has 0 aromatic heterocycles. The molecule has 0 aromatic carbocycles. The van der Waals surface area contributed by atoms with Crippen LogP contribution in [0.25, 0.3) is 0 Å². The molecule has 1 aliphatic heterocycles. The number of ether oxygens (including phenoxy) is 1. The summed E-state index contributed by atoms with van der Waals surface area (Å²) in [6.07, 6.45) is 2.99. The van der Waals surface area contributed by atoms with Crippen molar-refractivity contribution in [1.82, 2.24) is 10.2 Å². The van der Waals surface area contributed by atoms with Crippen molar-refractivity contribution in [3.63, 3.8) is 0 Å². The molecule has 0 aliphatic carbocycles. The van der Waals surface area contributed by atoms with Crippen molar-refractivity contribution in [2.45, 2.75) is 70.6 Å². The molecule has 130 valence electrons. The topological polar surface area (TPSA) is 82.0 Å². The van der Waals surface area contributed by atoms with Gasteiger partial charge in [-0.15, -0.1) is 0 Å². The second-order valence-electron chi connectivity index (χ2n) is 7.19. The molecule has 0 saturated carbocycles. The van der Waals surface area contributed by atoms with E-state index >= 15 is 0 Å². The number of likely N-dealkylation sites (tertiary alicyclic amines) is 1. The summed E-state index contributed by atoms with van der Waals surface area (Å²) in [5.74, 6) is 0. The lowest BCUT2D eigenvalue weighted by molar-refractivity contribution is 0.0253. The van der Waals surface area contributed by atoms with Crippen LogP contribution in [0.15, 0.2) is 0 Å². The molecule has 1 amide bonds. The quantitative estimate of drug-likeness (QED) is 0.716. The average Bonchev–Trinajstić information content (AvgIpc) is 2.68. The third-order valence-corrected chi connectivity index (χ3v) is 4.17. The number of aliphatic hydroxyl groups excluding tert-OH is 2. The molecule has 22 heavy (non-hydrogen) atoms. The predicted molar refractivity (Wildman–Crippen MR) is 85.8 cm³/mol. The van der Waals surface area contributed by atoms with E-state index in [2.05, 4.69) is 5.32 Å². The van der Waals surface area contributed by atoms with Crippen molar-refractivity contribution in [3.8, 4) is 0 Å². The van der Waals surface area contributed by atoms with Crippen LogP contribution in [0.2, 0.25) is 0 Å². The van der Waals surface area contributed by atoms with Gasteiger partial charge >= 0.3 is 6.09 Å². The van der Waals surface area contributed by atoms with Crippen LogP contribution in [0.1, 0.15) is 53.4 Å². The molecule has 1 atom stereocenters. The lowest BCUT2D eigenvalue weighted by atomic mass is 9.95. The minimum atomic E-state index is -0.633. The fourth-order valence-corrected chi connectivity index (χ4v) is 2.65. The number of hydrogen-bond donors (Lipinski definition) is 3. The number of amides is 1. The summed E-state index contributed by atoms with van der Waals surface area (Å²) in [4.78, 5) is 13.9. The normalized spacial score (nSPS) is 20.6. The van der Waals surface area contributed by atoms with Gasteiger partial charge in [-0.05, 0) is 46.5 Å². The SMILES string of the molecule is CCC(CO)(CO)NC1CCCN(C(=O)OC(C)(C)C)CC1. The van der Waals surface area contributed by atoms with Gasteiger partial charge in [-0.1, -0.05) is 6.92 Å². The Morgan fingerprint density at radius 2 is 1.86 bits per heavy atom. The van der Waals surface area contributed by atoms with Crippen molar-refractivity contribution >= 4 is 6.09 Å². The van der Waals surface area contributed by atoms with Gasteiger partial charge in [0.05, 0.1) is 18.8 Å². The van der Waals surface area contributed by atoms with Crippen LogP contribution in [0.4, 0.5) is 4.79 Å². The lowest BCUT2D eigenvalue weighted by Crippen LogP contribution is -2.55. The van der Waals surface area contributed by atoms with Gasteiger partial charge in [0.2, 0.25) is 0 Å². The smallest absolute Gasteiger partial charge is 0.410 e. The fourth-order valence-electron chi connectivity index (χ4n) is 2.65. The van der Waals surface area contributed by atoms with Crippen LogP contribution in [0.3, 0.4) is 0 Å². The van der Waals surface area contributed by atoms with Crippen molar-refractivity contribution in [1.29, 1.82) is 0 Å². The zero-order chi connectivity index (χ0) is 16.8. The first-order valence-electron chi connectivity index (χ1n) is 8.22. The Morgan fingerprint density at radius 1 is 1.23 bits per heavy atom. The summed E-state index contributed by atoms with van der Waals surface area (Å²) in [7, 11) is 0. The first-order valence-corrected chi connectivity index (χ1v) is 8.22. The summed E-state index contributed by atoms with van der Waals surface area (Å²) >= 11 is 0. The monoisotopic (exact) mass is 316 g/mol. The van der Waals surface area contributed by atoms with Crippen molar-refractivity contribution in [3.05, 3.63) is 0 Å². The van der Waals surface area contributed by atoms with E-state index in [1.165, 1.54) is 0 Å². The van der Waals surface area contributed by atoms with Crippen LogP contribution >= 0.6 is 0 Å². The molecule has 3 N–H and O–H groups in total. The Kier molecular flexibility index (Phi) is 7.09. The van der Waals surface area contributed by atoms with Crippen molar-refractivity contribution in [2.75, 3.05) is 26.3 Å². The molecule has 6 nitrogen and oxygen atoms in total. The summed E-state index contributed by atoms with van der Waals surface area (Å²) in [6.45, 7) is 8.68. The van der Waals surface area contributed by atoms with Gasteiger partial charge in [-0.2, -0.15) is 0 Å². The zero-order valence-electron chi connectivity index (χ0n) is 14.4. The van der Waals surface area contributed by atoms with Gasteiger partial charge in [0.15, 0.2) is 0 Å². The molecular weight excluding hydrogens is 284 g/mol. The van der Waals surface area contributed by atoms with Crippen molar-refractivity contribution < 1.29 is 19.7 Å². The van der Waals surface area contributed by atoms with E-state index in [1.54, 1.807) is 4.90 Å². The minimum Gasteiger partial charge on any atom is -0.444 e. The fraction of sp³-hybridized carbons (Fsp3) is 0.938. The van der Waals surface area contributed by atoms with Crippen LogP contribution in [0, 0.1) is 0 Å². The molecule has 1 heterocycles. The predicted octanol–water partition coefficient (Wildman–Crippen LogP) is 1.50. The lowest BCUT2D eigenvalue weighted by Gasteiger charge is -2.34. The standard InChI is InChI=1S/C16H32N2O4/c1-5-16(11-19,12-20)17-13-7-6-9-18(10-8-13)14(21)22-15(2,3)4/h13,17,19-20H,5-12H2,1-4H3. The second kappa shape index (κ2) is 8.13. The molecule has 1 saturated heterocycles. The molecular formula is C16H32N2O4. The first kappa shape index (κ1) is 19.2. The van der Waals surface area contributed by atoms with E-state index in [4.69, 9.17) is 4.74 Å². The van der Waals surface area contributed by atoms with Gasteiger partial charge in [-0.25, -0.2) is 4.79 Å². The van der Waals surface area contributed by atoms with E-state index < -0.39 is 11.1 Å². The van der Waals surface area contributed by atoms with Gasteiger partial charge in [0.1, 0.15) is 5.60 Å². The van der Waals surface area contributed by atoms with Gasteiger partial charge in [0, 0.05) is 19.1 Å². The van der Waals surface area contributed by atoms with E-state index in [-0.39, 0.29) is 25.3 Å². The van der Waals surface area contributed by atoms with E-state index in [0.717, 1.165) is 19.3 Å². The Bertz CT molecular complexity index is 342. The summed E-state index contributed by atoms with van der Waals surface area (Å²) in [5, 5.41) is 22.5. The highest BCUT2D eigenvalue weighted by Crippen LogP contribution is 2.18. The number of nitrogens with one attached hydrogen (secondary N) is 1. The first-order chi connectivity index (χ1) is 10.2. The molecule has 1 aliphatic rings. The van der Waals surface area contributed by atoms with E-state index in [9.17, 15) is 15.0 Å². The van der Waals surface area contributed by atoms with Crippen LogP contribution in [-0.4, -0.2) is 64.7 Å². The molecule has 0 radical (unpaired) electrons. The third kappa shape index (κ3) is 5.74. The highest BCUT2D eigenvalue weighted by atomic mass is 16.6. The Morgan fingerprint density at radius 3 is 2.36 bits per heavy atom. The molecule has 6 heteroatoms. The number of aliphatic hydroxyl groups is 2. The average molecular weight is 316 g/mol. The molecule has 0 aromatic rings. The zero-order valence-corrected chi connectivity index (χ0v) is 14.4. The molecule has 1 fully saturated rings. The van der Waals surface area contributed by atoms with Crippen LogP contribution < -0.4 is 5.32 Å².